The Labute approximate surface area is 199 Å². The van der Waals surface area contributed by atoms with Crippen molar-refractivity contribution in [2.45, 2.75) is 13.0 Å². The zero-order valence-electron chi connectivity index (χ0n) is 19.7. The van der Waals surface area contributed by atoms with Crippen LogP contribution in [-0.4, -0.2) is 51.3 Å². The highest BCUT2D eigenvalue weighted by molar-refractivity contribution is 5.92. The maximum absolute atomic E-state index is 13.0. The molecule has 34 heavy (non-hydrogen) atoms. The van der Waals surface area contributed by atoms with Crippen molar-refractivity contribution >= 4 is 11.9 Å². The molecule has 3 aromatic carbocycles. The van der Waals surface area contributed by atoms with Crippen LogP contribution in [0.4, 0.5) is 0 Å². The minimum atomic E-state index is -0.657. The first-order chi connectivity index (χ1) is 16.5. The van der Waals surface area contributed by atoms with Gasteiger partial charge in [0, 0.05) is 13.1 Å². The molecule has 1 amide bonds. The third-order valence-electron chi connectivity index (χ3n) is 5.31. The van der Waals surface area contributed by atoms with E-state index in [1.54, 1.807) is 4.90 Å². The van der Waals surface area contributed by atoms with Crippen LogP contribution in [-0.2, 0) is 22.5 Å². The van der Waals surface area contributed by atoms with Crippen molar-refractivity contribution < 1.29 is 28.5 Å². The first kappa shape index (κ1) is 24.6. The Morgan fingerprint density at radius 3 is 1.85 bits per heavy atom. The molecule has 0 N–H and O–H groups in total. The van der Waals surface area contributed by atoms with Crippen LogP contribution in [0.3, 0.4) is 0 Å². The molecule has 0 unspecified atom stereocenters. The number of rotatable bonds is 11. The molecule has 3 aromatic rings. The van der Waals surface area contributed by atoms with Gasteiger partial charge in [-0.25, -0.2) is 4.79 Å². The number of benzene rings is 3. The van der Waals surface area contributed by atoms with E-state index in [0.29, 0.717) is 36.8 Å². The number of esters is 1. The van der Waals surface area contributed by atoms with Crippen LogP contribution in [0.2, 0.25) is 0 Å². The summed E-state index contributed by atoms with van der Waals surface area (Å²) in [6.45, 7) is 0.546. The maximum Gasteiger partial charge on any atom is 0.338 e. The second-order valence-corrected chi connectivity index (χ2v) is 7.53. The normalized spacial score (nSPS) is 10.3. The monoisotopic (exact) mass is 463 g/mol. The van der Waals surface area contributed by atoms with E-state index in [1.807, 2.05) is 60.7 Å². The van der Waals surface area contributed by atoms with Crippen molar-refractivity contribution in [3.63, 3.8) is 0 Å². The third kappa shape index (κ3) is 6.51. The lowest BCUT2D eigenvalue weighted by molar-refractivity contribution is -0.135. The SMILES string of the molecule is COc1cc(C(=O)OCC(=O)N(CCc2ccccc2)Cc2ccccc2)cc(OC)c1OC. The standard InChI is InChI=1S/C27H29NO6/c1-31-23-16-22(17-24(32-2)26(23)33-3)27(30)34-19-25(29)28(18-21-12-8-5-9-13-21)15-14-20-10-6-4-7-11-20/h4-13,16-17H,14-15,18-19H2,1-3H3. The molecule has 3 rings (SSSR count). The van der Waals surface area contributed by atoms with E-state index < -0.39 is 5.97 Å². The average molecular weight is 464 g/mol. The number of hydrogen-bond donors (Lipinski definition) is 0. The van der Waals surface area contributed by atoms with Crippen LogP contribution < -0.4 is 14.2 Å². The summed E-state index contributed by atoms with van der Waals surface area (Å²) in [5.74, 6) is 0.0888. The van der Waals surface area contributed by atoms with Crippen molar-refractivity contribution in [2.24, 2.45) is 0 Å². The van der Waals surface area contributed by atoms with Gasteiger partial charge in [0.2, 0.25) is 5.75 Å². The van der Waals surface area contributed by atoms with Gasteiger partial charge in [0.25, 0.3) is 5.91 Å². The van der Waals surface area contributed by atoms with E-state index >= 15 is 0 Å². The minimum Gasteiger partial charge on any atom is -0.493 e. The number of methoxy groups -OCH3 is 3. The molecule has 0 heterocycles. The van der Waals surface area contributed by atoms with Gasteiger partial charge in [-0.05, 0) is 29.7 Å². The highest BCUT2D eigenvalue weighted by Gasteiger charge is 2.20. The van der Waals surface area contributed by atoms with Gasteiger partial charge in [-0.3, -0.25) is 4.79 Å². The molecule has 178 valence electrons. The summed E-state index contributed by atoms with van der Waals surface area (Å²) in [5, 5.41) is 0. The van der Waals surface area contributed by atoms with Gasteiger partial charge in [-0.2, -0.15) is 0 Å². The maximum atomic E-state index is 13.0. The zero-order chi connectivity index (χ0) is 24.3. The Morgan fingerprint density at radius 1 is 0.765 bits per heavy atom. The van der Waals surface area contributed by atoms with Crippen molar-refractivity contribution in [3.05, 3.63) is 89.5 Å². The van der Waals surface area contributed by atoms with E-state index in [1.165, 1.54) is 33.5 Å². The molecule has 0 saturated carbocycles. The highest BCUT2D eigenvalue weighted by Crippen LogP contribution is 2.38. The minimum absolute atomic E-state index is 0.196. The molecule has 0 bridgehead atoms. The Morgan fingerprint density at radius 2 is 1.32 bits per heavy atom. The van der Waals surface area contributed by atoms with Crippen LogP contribution in [0.5, 0.6) is 17.2 Å². The predicted molar refractivity (Wildman–Crippen MR) is 128 cm³/mol. The van der Waals surface area contributed by atoms with Crippen molar-refractivity contribution in [3.8, 4) is 17.2 Å². The fourth-order valence-electron chi connectivity index (χ4n) is 3.51. The summed E-state index contributed by atoms with van der Waals surface area (Å²) in [6, 6.07) is 22.6. The van der Waals surface area contributed by atoms with Crippen LogP contribution in [0.1, 0.15) is 21.5 Å². The predicted octanol–water partition coefficient (Wildman–Crippen LogP) is 4.14. The molecular weight excluding hydrogens is 434 g/mol. The summed E-state index contributed by atoms with van der Waals surface area (Å²) in [6.07, 6.45) is 0.695. The second kappa shape index (κ2) is 12.3. The molecule has 0 fully saturated rings. The quantitative estimate of drug-likeness (QED) is 0.398. The number of amides is 1. The van der Waals surface area contributed by atoms with Gasteiger partial charge < -0.3 is 23.8 Å². The molecular formula is C27H29NO6. The van der Waals surface area contributed by atoms with Crippen LogP contribution in [0.25, 0.3) is 0 Å². The van der Waals surface area contributed by atoms with Gasteiger partial charge >= 0.3 is 5.97 Å². The van der Waals surface area contributed by atoms with Crippen LogP contribution in [0, 0.1) is 0 Å². The molecule has 0 atom stereocenters. The van der Waals surface area contributed by atoms with Gasteiger partial charge in [0.1, 0.15) is 0 Å². The first-order valence-electron chi connectivity index (χ1n) is 10.9. The number of ether oxygens (including phenoxy) is 4. The lowest BCUT2D eigenvalue weighted by Gasteiger charge is -2.23. The number of carbonyl (C=O) groups is 2. The number of nitrogens with zero attached hydrogens (tertiary/aromatic N) is 1. The Hall–Kier alpha value is -4.00. The fourth-order valence-corrected chi connectivity index (χ4v) is 3.51. The molecule has 0 radical (unpaired) electrons. The Bertz CT molecular complexity index is 1060. The van der Waals surface area contributed by atoms with Crippen LogP contribution in [0.15, 0.2) is 72.8 Å². The van der Waals surface area contributed by atoms with E-state index in [9.17, 15) is 9.59 Å². The highest BCUT2D eigenvalue weighted by atomic mass is 16.5. The van der Waals surface area contributed by atoms with Gasteiger partial charge in [0.05, 0.1) is 26.9 Å². The summed E-state index contributed by atoms with van der Waals surface area (Å²) >= 11 is 0. The lowest BCUT2D eigenvalue weighted by Crippen LogP contribution is -2.35. The van der Waals surface area contributed by atoms with E-state index in [2.05, 4.69) is 0 Å². The number of hydrogen-bond acceptors (Lipinski definition) is 6. The summed E-state index contributed by atoms with van der Waals surface area (Å²) < 4.78 is 21.2. The molecule has 0 aromatic heterocycles. The van der Waals surface area contributed by atoms with Crippen LogP contribution >= 0.6 is 0 Å². The van der Waals surface area contributed by atoms with Crippen molar-refractivity contribution in [1.82, 2.24) is 4.90 Å². The Balaban J connectivity index is 1.69. The summed E-state index contributed by atoms with van der Waals surface area (Å²) in [4.78, 5) is 27.4. The van der Waals surface area contributed by atoms with Gasteiger partial charge in [-0.15, -0.1) is 0 Å². The van der Waals surface area contributed by atoms with E-state index in [4.69, 9.17) is 18.9 Å². The molecule has 0 aliphatic rings. The molecule has 7 heteroatoms. The molecule has 7 nitrogen and oxygen atoms in total. The molecule has 0 aliphatic heterocycles. The van der Waals surface area contributed by atoms with Gasteiger partial charge in [0.15, 0.2) is 18.1 Å². The van der Waals surface area contributed by atoms with Crippen molar-refractivity contribution in [1.29, 1.82) is 0 Å². The van der Waals surface area contributed by atoms with E-state index in [0.717, 1.165) is 11.1 Å². The average Bonchev–Trinajstić information content (AvgIpc) is 2.89. The fraction of sp³-hybridized carbons (Fsp3) is 0.259. The molecule has 0 aliphatic carbocycles. The smallest absolute Gasteiger partial charge is 0.338 e. The summed E-state index contributed by atoms with van der Waals surface area (Å²) in [5.41, 5.74) is 2.32. The topological polar surface area (TPSA) is 74.3 Å². The second-order valence-electron chi connectivity index (χ2n) is 7.53. The number of carbonyl (C=O) groups excluding carboxylic acids is 2. The molecule has 0 spiro atoms. The summed E-state index contributed by atoms with van der Waals surface area (Å²) in [7, 11) is 4.40. The third-order valence-corrected chi connectivity index (χ3v) is 5.31. The van der Waals surface area contributed by atoms with Crippen molar-refractivity contribution in [2.75, 3.05) is 34.5 Å². The van der Waals surface area contributed by atoms with Gasteiger partial charge in [-0.1, -0.05) is 60.7 Å². The zero-order valence-corrected chi connectivity index (χ0v) is 19.7. The Kier molecular flexibility index (Phi) is 8.91. The lowest BCUT2D eigenvalue weighted by atomic mass is 10.1. The molecule has 0 saturated heterocycles. The first-order valence-corrected chi connectivity index (χ1v) is 10.9. The largest absolute Gasteiger partial charge is 0.493 e. The van der Waals surface area contributed by atoms with E-state index in [-0.39, 0.29) is 18.1 Å².